The summed E-state index contributed by atoms with van der Waals surface area (Å²) in [5.74, 6) is 0.687. The van der Waals surface area contributed by atoms with Crippen molar-refractivity contribution in [3.8, 4) is 11.5 Å². The van der Waals surface area contributed by atoms with Crippen molar-refractivity contribution in [2.45, 2.75) is 44.9 Å². The van der Waals surface area contributed by atoms with E-state index < -0.39 is 5.97 Å². The van der Waals surface area contributed by atoms with E-state index in [0.717, 1.165) is 42.7 Å². The predicted octanol–water partition coefficient (Wildman–Crippen LogP) is 3.98. The number of carboxylic acid groups (broad SMARTS) is 1. The van der Waals surface area contributed by atoms with Crippen molar-refractivity contribution in [2.75, 3.05) is 6.79 Å². The van der Waals surface area contributed by atoms with E-state index in [9.17, 15) is 4.79 Å². The van der Waals surface area contributed by atoms with Crippen molar-refractivity contribution >= 4 is 18.4 Å². The van der Waals surface area contributed by atoms with Gasteiger partial charge < -0.3 is 14.6 Å². The lowest BCUT2D eigenvalue weighted by Crippen LogP contribution is -2.07. The third-order valence-corrected chi connectivity index (χ3v) is 3.44. The van der Waals surface area contributed by atoms with Crippen molar-refractivity contribution in [2.24, 2.45) is 0 Å². The van der Waals surface area contributed by atoms with Crippen LogP contribution in [0.5, 0.6) is 11.5 Å². The van der Waals surface area contributed by atoms with Gasteiger partial charge in [0.25, 0.3) is 0 Å². The standard InChI is InChI=1S/C15H20O4.ClH/c1-2-3-4-6-11(9-14(16)17)12-7-5-8-13-15(12)19-10-18-13;/h5,7-8,11H,2-4,6,9-10H2,1H3,(H,16,17);1H. The molecule has 2 rings (SSSR count). The molecule has 0 aliphatic carbocycles. The molecule has 0 aromatic heterocycles. The fourth-order valence-corrected chi connectivity index (χ4v) is 2.49. The zero-order valence-electron chi connectivity index (χ0n) is 11.6. The Balaban J connectivity index is 0.00000200. The fourth-order valence-electron chi connectivity index (χ4n) is 2.49. The van der Waals surface area contributed by atoms with Crippen LogP contribution in [0.3, 0.4) is 0 Å². The SMILES string of the molecule is CCCCCC(CC(=O)O)c1cccc2c1OCO2.Cl. The molecule has 4 nitrogen and oxygen atoms in total. The highest BCUT2D eigenvalue weighted by Gasteiger charge is 2.24. The zero-order chi connectivity index (χ0) is 13.7. The van der Waals surface area contributed by atoms with E-state index in [1.165, 1.54) is 0 Å². The lowest BCUT2D eigenvalue weighted by Gasteiger charge is -2.17. The second-order valence-electron chi connectivity index (χ2n) is 4.87. The number of para-hydroxylation sites is 1. The first-order valence-electron chi connectivity index (χ1n) is 6.82. The number of hydrogen-bond acceptors (Lipinski definition) is 3. The topological polar surface area (TPSA) is 55.8 Å². The molecular formula is C15H21ClO4. The minimum absolute atomic E-state index is 0. The maximum atomic E-state index is 11.0. The second-order valence-corrected chi connectivity index (χ2v) is 4.87. The van der Waals surface area contributed by atoms with Gasteiger partial charge >= 0.3 is 5.97 Å². The molecule has 1 unspecified atom stereocenters. The first-order valence-corrected chi connectivity index (χ1v) is 6.82. The van der Waals surface area contributed by atoms with Crippen LogP contribution in [0, 0.1) is 0 Å². The Morgan fingerprint density at radius 2 is 2.15 bits per heavy atom. The molecule has 1 heterocycles. The van der Waals surface area contributed by atoms with Crippen molar-refractivity contribution in [3.63, 3.8) is 0 Å². The Hall–Kier alpha value is -1.42. The maximum absolute atomic E-state index is 11.0. The number of halogens is 1. The Labute approximate surface area is 125 Å². The zero-order valence-corrected chi connectivity index (χ0v) is 12.4. The van der Waals surface area contributed by atoms with Crippen LogP contribution in [0.15, 0.2) is 18.2 Å². The van der Waals surface area contributed by atoms with Gasteiger partial charge in [0.05, 0.1) is 6.42 Å². The first-order chi connectivity index (χ1) is 9.22. The summed E-state index contributed by atoms with van der Waals surface area (Å²) in [6.07, 6.45) is 4.32. The van der Waals surface area contributed by atoms with Crippen LogP contribution in [0.25, 0.3) is 0 Å². The van der Waals surface area contributed by atoms with Gasteiger partial charge in [0, 0.05) is 5.56 Å². The Kier molecular flexibility index (Phi) is 6.65. The fraction of sp³-hybridized carbons (Fsp3) is 0.533. The van der Waals surface area contributed by atoms with E-state index in [2.05, 4.69) is 6.92 Å². The molecule has 5 heteroatoms. The number of unbranched alkanes of at least 4 members (excludes halogenated alkanes) is 2. The normalized spacial score (nSPS) is 13.7. The van der Waals surface area contributed by atoms with Gasteiger partial charge in [-0.2, -0.15) is 0 Å². The quantitative estimate of drug-likeness (QED) is 0.774. The van der Waals surface area contributed by atoms with E-state index in [0.29, 0.717) is 0 Å². The number of aliphatic carboxylic acids is 1. The number of hydrogen-bond donors (Lipinski definition) is 1. The molecule has 0 saturated carbocycles. The summed E-state index contributed by atoms with van der Waals surface area (Å²) in [6, 6.07) is 5.71. The van der Waals surface area contributed by atoms with Crippen LogP contribution in [0.1, 0.15) is 50.5 Å². The molecular weight excluding hydrogens is 280 g/mol. The molecule has 112 valence electrons. The summed E-state index contributed by atoms with van der Waals surface area (Å²) in [5, 5.41) is 9.08. The van der Waals surface area contributed by atoms with Gasteiger partial charge in [0.1, 0.15) is 0 Å². The number of benzene rings is 1. The molecule has 1 aliphatic heterocycles. The highest BCUT2D eigenvalue weighted by atomic mass is 35.5. The Bertz CT molecular complexity index is 447. The van der Waals surface area contributed by atoms with Gasteiger partial charge in [-0.25, -0.2) is 0 Å². The molecule has 0 radical (unpaired) electrons. The lowest BCUT2D eigenvalue weighted by molar-refractivity contribution is -0.137. The number of fused-ring (bicyclic) bond motifs is 1. The minimum Gasteiger partial charge on any atom is -0.481 e. The lowest BCUT2D eigenvalue weighted by atomic mass is 9.89. The summed E-state index contributed by atoms with van der Waals surface area (Å²) in [6.45, 7) is 2.37. The van der Waals surface area contributed by atoms with E-state index in [-0.39, 0.29) is 31.5 Å². The minimum atomic E-state index is -0.766. The molecule has 1 aromatic carbocycles. The maximum Gasteiger partial charge on any atom is 0.303 e. The van der Waals surface area contributed by atoms with E-state index in [1.807, 2.05) is 18.2 Å². The molecule has 1 N–H and O–H groups in total. The molecule has 20 heavy (non-hydrogen) atoms. The molecule has 0 amide bonds. The smallest absolute Gasteiger partial charge is 0.303 e. The second kappa shape index (κ2) is 8.00. The molecule has 0 spiro atoms. The van der Waals surface area contributed by atoms with Gasteiger partial charge in [-0.05, 0) is 18.4 Å². The summed E-state index contributed by atoms with van der Waals surface area (Å²) >= 11 is 0. The largest absolute Gasteiger partial charge is 0.481 e. The van der Waals surface area contributed by atoms with Gasteiger partial charge in [-0.15, -0.1) is 12.4 Å². The molecule has 0 bridgehead atoms. The summed E-state index contributed by atoms with van der Waals surface area (Å²) < 4.78 is 10.8. The third-order valence-electron chi connectivity index (χ3n) is 3.44. The van der Waals surface area contributed by atoms with Gasteiger partial charge in [-0.1, -0.05) is 38.3 Å². The summed E-state index contributed by atoms with van der Waals surface area (Å²) in [4.78, 5) is 11.0. The molecule has 0 saturated heterocycles. The van der Waals surface area contributed by atoms with Crippen molar-refractivity contribution < 1.29 is 19.4 Å². The van der Waals surface area contributed by atoms with Crippen LogP contribution in [-0.4, -0.2) is 17.9 Å². The van der Waals surface area contributed by atoms with Crippen LogP contribution in [0.4, 0.5) is 0 Å². The Morgan fingerprint density at radius 1 is 1.35 bits per heavy atom. The highest BCUT2D eigenvalue weighted by molar-refractivity contribution is 5.85. The molecule has 0 fully saturated rings. The first kappa shape index (κ1) is 16.6. The van der Waals surface area contributed by atoms with Crippen LogP contribution >= 0.6 is 12.4 Å². The van der Waals surface area contributed by atoms with E-state index in [1.54, 1.807) is 0 Å². The number of carbonyl (C=O) groups is 1. The monoisotopic (exact) mass is 300 g/mol. The van der Waals surface area contributed by atoms with Crippen LogP contribution < -0.4 is 9.47 Å². The van der Waals surface area contributed by atoms with Crippen molar-refractivity contribution in [1.29, 1.82) is 0 Å². The highest BCUT2D eigenvalue weighted by Crippen LogP contribution is 2.41. The molecule has 1 aliphatic rings. The van der Waals surface area contributed by atoms with E-state index >= 15 is 0 Å². The van der Waals surface area contributed by atoms with Gasteiger partial charge in [-0.3, -0.25) is 4.79 Å². The summed E-state index contributed by atoms with van der Waals surface area (Å²) in [5.41, 5.74) is 0.966. The van der Waals surface area contributed by atoms with Crippen molar-refractivity contribution in [3.05, 3.63) is 23.8 Å². The third kappa shape index (κ3) is 4.04. The predicted molar refractivity (Wildman–Crippen MR) is 78.9 cm³/mol. The number of rotatable bonds is 7. The number of ether oxygens (including phenoxy) is 2. The Morgan fingerprint density at radius 3 is 2.85 bits per heavy atom. The molecule has 1 atom stereocenters. The summed E-state index contributed by atoms with van der Waals surface area (Å²) in [7, 11) is 0. The number of carboxylic acids is 1. The van der Waals surface area contributed by atoms with Gasteiger partial charge in [0.2, 0.25) is 6.79 Å². The van der Waals surface area contributed by atoms with E-state index in [4.69, 9.17) is 14.6 Å². The average molecular weight is 301 g/mol. The van der Waals surface area contributed by atoms with Crippen molar-refractivity contribution in [1.82, 2.24) is 0 Å². The van der Waals surface area contributed by atoms with Crippen LogP contribution in [-0.2, 0) is 4.79 Å². The van der Waals surface area contributed by atoms with Gasteiger partial charge in [0.15, 0.2) is 11.5 Å². The van der Waals surface area contributed by atoms with Crippen LogP contribution in [0.2, 0.25) is 0 Å². The average Bonchev–Trinajstić information content (AvgIpc) is 2.85. The molecule has 1 aromatic rings.